The second-order valence-electron chi connectivity index (χ2n) is 10.3. The summed E-state index contributed by atoms with van der Waals surface area (Å²) in [5, 5.41) is 1.81. The van der Waals surface area contributed by atoms with Crippen molar-refractivity contribution in [2.45, 2.75) is 16.7 Å². The monoisotopic (exact) mass is 684 g/mol. The summed E-state index contributed by atoms with van der Waals surface area (Å²) >= 11 is 2.85. The Bertz CT molecular complexity index is 1680. The third-order valence-electron chi connectivity index (χ3n) is 7.25. The standard InChI is InChI=1S/C27H36N6O7S4/c1-31(44(36,37)25-7-4-5-8-28-25)24-17-21(39-13-6-14-41-40-38-2)15-20-16-23(30-26(20)24)27-29-18-22(42-27)19-32-9-11-33(12-10-32)43(3,34)35/h4-5,7-8,15-17,22,30H,6,9-14,18-19H2,1-3H3. The van der Waals surface area contributed by atoms with Crippen molar-refractivity contribution < 1.29 is 30.8 Å². The molecule has 0 aliphatic carbocycles. The van der Waals surface area contributed by atoms with E-state index >= 15 is 0 Å². The molecule has 0 spiro atoms. The van der Waals surface area contributed by atoms with Gasteiger partial charge in [0.1, 0.15) is 10.8 Å². The van der Waals surface area contributed by atoms with Gasteiger partial charge >= 0.3 is 0 Å². The first-order valence-corrected chi connectivity index (χ1v) is 19.0. The van der Waals surface area contributed by atoms with Crippen molar-refractivity contribution in [3.63, 3.8) is 0 Å². The molecule has 1 saturated heterocycles. The number of anilines is 1. The maximum absolute atomic E-state index is 13.5. The molecule has 1 N–H and O–H groups in total. The fourth-order valence-electron chi connectivity index (χ4n) is 5.00. The van der Waals surface area contributed by atoms with Crippen LogP contribution in [0.2, 0.25) is 0 Å². The van der Waals surface area contributed by atoms with E-state index in [1.807, 2.05) is 12.1 Å². The minimum atomic E-state index is -3.95. The van der Waals surface area contributed by atoms with Gasteiger partial charge in [-0.1, -0.05) is 17.8 Å². The lowest BCUT2D eigenvalue weighted by atomic mass is 10.2. The van der Waals surface area contributed by atoms with E-state index in [0.29, 0.717) is 68.5 Å². The van der Waals surface area contributed by atoms with Crippen molar-refractivity contribution in [1.29, 1.82) is 0 Å². The predicted molar refractivity (Wildman–Crippen MR) is 174 cm³/mol. The number of thioether (sulfide) groups is 1. The first-order valence-electron chi connectivity index (χ1n) is 14.0. The highest BCUT2D eigenvalue weighted by molar-refractivity contribution is 8.15. The number of benzene rings is 1. The van der Waals surface area contributed by atoms with E-state index in [2.05, 4.69) is 19.8 Å². The molecule has 2 aliphatic rings. The van der Waals surface area contributed by atoms with E-state index in [-0.39, 0.29) is 10.3 Å². The van der Waals surface area contributed by atoms with Gasteiger partial charge in [-0.15, -0.1) is 0 Å². The smallest absolute Gasteiger partial charge is 0.281 e. The van der Waals surface area contributed by atoms with Gasteiger partial charge in [0.05, 0.1) is 43.4 Å². The molecule has 44 heavy (non-hydrogen) atoms. The van der Waals surface area contributed by atoms with Crippen LogP contribution in [0.1, 0.15) is 12.1 Å². The highest BCUT2D eigenvalue weighted by atomic mass is 32.2. The second kappa shape index (κ2) is 14.4. The van der Waals surface area contributed by atoms with Crippen molar-refractivity contribution in [2.75, 3.05) is 76.3 Å². The fraction of sp³-hybridized carbons (Fsp3) is 0.481. The Kier molecular flexibility index (Phi) is 10.8. The number of nitrogens with zero attached hydrogens (tertiary/aromatic N) is 5. The van der Waals surface area contributed by atoms with Gasteiger partial charge in [0.15, 0.2) is 5.03 Å². The van der Waals surface area contributed by atoms with E-state index < -0.39 is 20.0 Å². The Balaban J connectivity index is 1.34. The molecule has 13 nitrogen and oxygen atoms in total. The van der Waals surface area contributed by atoms with E-state index in [4.69, 9.17) is 14.1 Å². The molecule has 3 aromatic rings. The first kappa shape index (κ1) is 33.0. The number of ether oxygens (including phenoxy) is 1. The Morgan fingerprint density at radius 2 is 1.93 bits per heavy atom. The zero-order valence-electron chi connectivity index (χ0n) is 24.7. The fourth-order valence-corrected chi connectivity index (χ4v) is 8.49. The van der Waals surface area contributed by atoms with E-state index in [0.717, 1.165) is 22.7 Å². The Morgan fingerprint density at radius 1 is 1.14 bits per heavy atom. The number of rotatable bonds is 14. The average molecular weight is 685 g/mol. The number of hydrogen-bond acceptors (Lipinski definition) is 12. The molecule has 4 heterocycles. The topological polar surface area (TPSA) is 147 Å². The number of piperazine rings is 1. The number of aliphatic imine (C=N–C) groups is 1. The molecule has 17 heteroatoms. The molecular formula is C27H36N6O7S4. The van der Waals surface area contributed by atoms with E-state index in [9.17, 15) is 16.8 Å². The normalized spacial score (nSPS) is 18.5. The number of nitrogens with one attached hydrogen (secondary N) is 1. The number of aromatic nitrogens is 2. The zero-order valence-corrected chi connectivity index (χ0v) is 28.0. The molecule has 0 bridgehead atoms. The van der Waals surface area contributed by atoms with Crippen LogP contribution >= 0.6 is 23.8 Å². The average Bonchev–Trinajstić information content (AvgIpc) is 3.65. The molecule has 5 rings (SSSR count). The lowest BCUT2D eigenvalue weighted by molar-refractivity contribution is -0.160. The van der Waals surface area contributed by atoms with Crippen LogP contribution in [0.25, 0.3) is 10.9 Å². The molecule has 2 aliphatic heterocycles. The summed E-state index contributed by atoms with van der Waals surface area (Å²) in [5.41, 5.74) is 1.86. The number of sulfonamides is 2. The van der Waals surface area contributed by atoms with Crippen LogP contribution in [0.5, 0.6) is 5.75 Å². The summed E-state index contributed by atoms with van der Waals surface area (Å²) in [6.45, 7) is 4.21. The third-order valence-corrected chi connectivity index (χ3v) is 12.1. The van der Waals surface area contributed by atoms with Crippen molar-refractivity contribution in [1.82, 2.24) is 19.2 Å². The maximum Gasteiger partial charge on any atom is 0.281 e. The van der Waals surface area contributed by atoms with Crippen LogP contribution in [-0.2, 0) is 29.3 Å². The highest BCUT2D eigenvalue weighted by Crippen LogP contribution is 2.36. The molecule has 1 fully saturated rings. The van der Waals surface area contributed by atoms with E-state index in [1.54, 1.807) is 30.0 Å². The largest absolute Gasteiger partial charge is 0.493 e. The van der Waals surface area contributed by atoms with Crippen LogP contribution in [0.15, 0.2) is 52.6 Å². The first-order chi connectivity index (χ1) is 21.1. The van der Waals surface area contributed by atoms with Crippen LogP contribution in [0.3, 0.4) is 0 Å². The van der Waals surface area contributed by atoms with Crippen LogP contribution in [0.4, 0.5) is 5.69 Å². The Hall–Kier alpha value is -2.38. The van der Waals surface area contributed by atoms with Crippen LogP contribution in [-0.4, -0.2) is 118 Å². The van der Waals surface area contributed by atoms with Gasteiger partial charge in [0.25, 0.3) is 10.0 Å². The summed E-state index contributed by atoms with van der Waals surface area (Å²) in [6, 6.07) is 10.3. The van der Waals surface area contributed by atoms with Crippen molar-refractivity contribution in [3.8, 4) is 5.75 Å². The highest BCUT2D eigenvalue weighted by Gasteiger charge is 2.30. The maximum atomic E-state index is 13.5. The quantitative estimate of drug-likeness (QED) is 0.116. The molecule has 0 amide bonds. The van der Waals surface area contributed by atoms with Gasteiger partial charge in [-0.3, -0.25) is 14.2 Å². The summed E-state index contributed by atoms with van der Waals surface area (Å²) in [5.74, 6) is 1.20. The number of H-pyrrole nitrogens is 1. The molecule has 240 valence electrons. The lowest BCUT2D eigenvalue weighted by Crippen LogP contribution is -2.49. The minimum absolute atomic E-state index is 0.0557. The van der Waals surface area contributed by atoms with Gasteiger partial charge < -0.3 is 9.72 Å². The SMILES string of the molecule is COOSCCCOc1cc(N(C)S(=O)(=O)c2ccccn2)c2[nH]c(C3=NCC(CN4CCN(S(C)(=O)=O)CC4)S3)cc2c1. The number of fused-ring (bicyclic) bond motifs is 1. The van der Waals surface area contributed by atoms with Crippen molar-refractivity contribution in [3.05, 3.63) is 48.3 Å². The van der Waals surface area contributed by atoms with Crippen molar-refractivity contribution >= 4 is 65.5 Å². The summed E-state index contributed by atoms with van der Waals surface area (Å²) < 4.78 is 64.4. The molecule has 1 unspecified atom stereocenters. The minimum Gasteiger partial charge on any atom is -0.493 e. The number of aromatic amines is 1. The zero-order chi connectivity index (χ0) is 31.3. The molecule has 1 atom stereocenters. The molecule has 0 radical (unpaired) electrons. The van der Waals surface area contributed by atoms with Gasteiger partial charge in [0.2, 0.25) is 10.0 Å². The second-order valence-corrected chi connectivity index (χ2v) is 16.3. The van der Waals surface area contributed by atoms with E-state index in [1.165, 1.54) is 53.3 Å². The van der Waals surface area contributed by atoms with Crippen LogP contribution < -0.4 is 9.04 Å². The van der Waals surface area contributed by atoms with Gasteiger partial charge in [-0.2, -0.15) is 17.1 Å². The third kappa shape index (κ3) is 7.88. The molecular weight excluding hydrogens is 649 g/mol. The summed E-state index contributed by atoms with van der Waals surface area (Å²) in [7, 11) is -4.18. The van der Waals surface area contributed by atoms with Gasteiger partial charge in [-0.25, -0.2) is 18.3 Å². The molecule has 1 aromatic carbocycles. The lowest BCUT2D eigenvalue weighted by Gasteiger charge is -2.34. The summed E-state index contributed by atoms with van der Waals surface area (Å²) in [4.78, 5) is 19.2. The predicted octanol–water partition coefficient (Wildman–Crippen LogP) is 2.82. The van der Waals surface area contributed by atoms with Gasteiger partial charge in [0, 0.05) is 80.5 Å². The number of hydrogen-bond donors (Lipinski definition) is 1. The number of pyridine rings is 1. The Morgan fingerprint density at radius 3 is 2.64 bits per heavy atom. The molecule has 0 saturated carbocycles. The van der Waals surface area contributed by atoms with Gasteiger partial charge in [-0.05, 0) is 30.7 Å². The summed E-state index contributed by atoms with van der Waals surface area (Å²) in [6.07, 6.45) is 3.40. The van der Waals surface area contributed by atoms with Crippen molar-refractivity contribution in [2.24, 2.45) is 4.99 Å². The van der Waals surface area contributed by atoms with Crippen LogP contribution in [0, 0.1) is 0 Å². The molecule has 2 aromatic heterocycles. The Labute approximate surface area is 266 Å².